The first-order chi connectivity index (χ1) is 15.4. The molecule has 0 N–H and O–H groups in total. The number of carbonyl (C=O) groups is 1. The van der Waals surface area contributed by atoms with Gasteiger partial charge in [-0.25, -0.2) is 0 Å². The van der Waals surface area contributed by atoms with Crippen molar-refractivity contribution in [1.29, 1.82) is 5.26 Å². The number of aryl methyl sites for hydroxylation is 1. The Labute approximate surface area is 196 Å². The second kappa shape index (κ2) is 9.47. The van der Waals surface area contributed by atoms with E-state index in [-0.39, 0.29) is 11.6 Å². The number of nitriles is 1. The van der Waals surface area contributed by atoms with E-state index < -0.39 is 0 Å². The van der Waals surface area contributed by atoms with Crippen LogP contribution in [0.25, 0.3) is 12.2 Å². The molecule has 0 saturated carbocycles. The van der Waals surface area contributed by atoms with Gasteiger partial charge in [0.25, 0.3) is 5.91 Å². The van der Waals surface area contributed by atoms with Crippen molar-refractivity contribution in [3.8, 4) is 6.07 Å². The van der Waals surface area contributed by atoms with Crippen LogP contribution in [0.2, 0.25) is 10.0 Å². The SMILES string of the molecule is Cc1ccc(/C=C/c2nc(C#N)c(N3CCN(C(=O)c4ccc(Cl)cc4Cl)CC3)o2)cc1. The summed E-state index contributed by atoms with van der Waals surface area (Å²) in [5.74, 6) is 0.641. The van der Waals surface area contributed by atoms with Crippen molar-refractivity contribution in [2.75, 3.05) is 31.1 Å². The molecule has 0 bridgehead atoms. The zero-order valence-electron chi connectivity index (χ0n) is 17.4. The van der Waals surface area contributed by atoms with E-state index in [2.05, 4.69) is 11.1 Å². The summed E-state index contributed by atoms with van der Waals surface area (Å²) in [6.07, 6.45) is 3.64. The Morgan fingerprint density at radius 2 is 1.81 bits per heavy atom. The summed E-state index contributed by atoms with van der Waals surface area (Å²) in [5, 5.41) is 10.3. The molecule has 0 atom stereocenters. The van der Waals surface area contributed by atoms with Crippen LogP contribution in [0.4, 0.5) is 5.88 Å². The van der Waals surface area contributed by atoms with Gasteiger partial charge in [0.1, 0.15) is 6.07 Å². The number of oxazole rings is 1. The van der Waals surface area contributed by atoms with Gasteiger partial charge in [0.05, 0.1) is 10.6 Å². The summed E-state index contributed by atoms with van der Waals surface area (Å²) in [6.45, 7) is 4.00. The van der Waals surface area contributed by atoms with Crippen LogP contribution in [0.15, 0.2) is 46.9 Å². The maximum Gasteiger partial charge on any atom is 0.255 e. The summed E-state index contributed by atoms with van der Waals surface area (Å²) in [5.41, 5.74) is 2.85. The van der Waals surface area contributed by atoms with Crippen molar-refractivity contribution in [1.82, 2.24) is 9.88 Å². The van der Waals surface area contributed by atoms with Crippen LogP contribution >= 0.6 is 23.2 Å². The molecule has 0 aliphatic carbocycles. The summed E-state index contributed by atoms with van der Waals surface area (Å²) in [4.78, 5) is 20.8. The normalized spacial score (nSPS) is 14.1. The van der Waals surface area contributed by atoms with Crippen LogP contribution in [0.3, 0.4) is 0 Å². The average molecular weight is 467 g/mol. The summed E-state index contributed by atoms with van der Waals surface area (Å²) in [7, 11) is 0. The highest BCUT2D eigenvalue weighted by molar-refractivity contribution is 6.36. The predicted octanol–water partition coefficient (Wildman–Crippen LogP) is 5.29. The van der Waals surface area contributed by atoms with Gasteiger partial charge in [0.15, 0.2) is 0 Å². The molecular weight excluding hydrogens is 447 g/mol. The molecule has 0 radical (unpaired) electrons. The van der Waals surface area contributed by atoms with E-state index in [9.17, 15) is 10.1 Å². The number of carbonyl (C=O) groups excluding carboxylic acids is 1. The molecule has 1 aliphatic heterocycles. The van der Waals surface area contributed by atoms with Crippen molar-refractivity contribution in [3.63, 3.8) is 0 Å². The molecule has 1 aliphatic rings. The quantitative estimate of drug-likeness (QED) is 0.521. The molecule has 2 aromatic carbocycles. The number of amides is 1. The Bertz CT molecular complexity index is 1200. The van der Waals surface area contributed by atoms with Crippen LogP contribution in [0, 0.1) is 18.3 Å². The first kappa shape index (κ1) is 21.9. The Hall–Kier alpha value is -3.27. The molecule has 4 rings (SSSR count). The van der Waals surface area contributed by atoms with Gasteiger partial charge < -0.3 is 14.2 Å². The molecular formula is C24H20Cl2N4O2. The first-order valence-electron chi connectivity index (χ1n) is 10.1. The van der Waals surface area contributed by atoms with E-state index >= 15 is 0 Å². The Morgan fingerprint density at radius 3 is 2.47 bits per heavy atom. The fourth-order valence-corrected chi connectivity index (χ4v) is 3.97. The minimum atomic E-state index is -0.147. The third-order valence-corrected chi connectivity index (χ3v) is 5.79. The van der Waals surface area contributed by atoms with Crippen molar-refractivity contribution < 1.29 is 9.21 Å². The minimum Gasteiger partial charge on any atom is -0.420 e. The molecule has 32 heavy (non-hydrogen) atoms. The fourth-order valence-electron chi connectivity index (χ4n) is 3.48. The Balaban J connectivity index is 1.44. The molecule has 1 amide bonds. The van der Waals surface area contributed by atoms with Gasteiger partial charge >= 0.3 is 0 Å². The fraction of sp³-hybridized carbons (Fsp3) is 0.208. The number of hydrogen-bond donors (Lipinski definition) is 0. The number of nitrogens with zero attached hydrogens (tertiary/aromatic N) is 4. The lowest BCUT2D eigenvalue weighted by Crippen LogP contribution is -2.49. The van der Waals surface area contributed by atoms with E-state index in [1.165, 1.54) is 5.56 Å². The van der Waals surface area contributed by atoms with Crippen molar-refractivity contribution in [3.05, 3.63) is 80.8 Å². The van der Waals surface area contributed by atoms with Gasteiger partial charge in [-0.15, -0.1) is 0 Å². The maximum absolute atomic E-state index is 12.8. The zero-order chi connectivity index (χ0) is 22.7. The highest BCUT2D eigenvalue weighted by Gasteiger charge is 2.27. The molecule has 0 unspecified atom stereocenters. The minimum absolute atomic E-state index is 0.147. The molecule has 2 heterocycles. The second-order valence-electron chi connectivity index (χ2n) is 7.47. The van der Waals surface area contributed by atoms with Crippen LogP contribution in [-0.4, -0.2) is 42.0 Å². The van der Waals surface area contributed by atoms with Crippen LogP contribution < -0.4 is 4.90 Å². The third kappa shape index (κ3) is 4.80. The molecule has 8 heteroatoms. The Kier molecular flexibility index (Phi) is 6.50. The molecule has 0 spiro atoms. The lowest BCUT2D eigenvalue weighted by atomic mass is 10.1. The number of piperazine rings is 1. The van der Waals surface area contributed by atoms with E-state index in [0.717, 1.165) is 5.56 Å². The van der Waals surface area contributed by atoms with Crippen LogP contribution in [0.5, 0.6) is 0 Å². The van der Waals surface area contributed by atoms with Crippen molar-refractivity contribution in [2.24, 2.45) is 0 Å². The lowest BCUT2D eigenvalue weighted by Gasteiger charge is -2.34. The molecule has 6 nitrogen and oxygen atoms in total. The number of benzene rings is 2. The van der Waals surface area contributed by atoms with E-state index in [1.54, 1.807) is 29.2 Å². The third-order valence-electron chi connectivity index (χ3n) is 5.24. The number of hydrogen-bond acceptors (Lipinski definition) is 5. The summed E-state index contributed by atoms with van der Waals surface area (Å²) in [6, 6.07) is 15.0. The summed E-state index contributed by atoms with van der Waals surface area (Å²) < 4.78 is 5.87. The van der Waals surface area contributed by atoms with Crippen molar-refractivity contribution >= 4 is 47.1 Å². The molecule has 1 saturated heterocycles. The number of anilines is 1. The van der Waals surface area contributed by atoms with Crippen molar-refractivity contribution in [2.45, 2.75) is 6.92 Å². The monoisotopic (exact) mass is 466 g/mol. The first-order valence-corrected chi connectivity index (χ1v) is 10.8. The van der Waals surface area contributed by atoms with Gasteiger partial charge in [-0.1, -0.05) is 53.0 Å². The van der Waals surface area contributed by atoms with Gasteiger partial charge in [-0.05, 0) is 36.8 Å². The molecule has 1 aromatic heterocycles. The average Bonchev–Trinajstić information content (AvgIpc) is 3.22. The van der Waals surface area contributed by atoms with E-state index in [1.807, 2.05) is 42.2 Å². The zero-order valence-corrected chi connectivity index (χ0v) is 18.9. The van der Waals surface area contributed by atoms with Gasteiger partial charge in [0.2, 0.25) is 17.5 Å². The predicted molar refractivity (Wildman–Crippen MR) is 126 cm³/mol. The van der Waals surface area contributed by atoms with Crippen LogP contribution in [0.1, 0.15) is 33.1 Å². The van der Waals surface area contributed by atoms with Gasteiger partial charge in [-0.3, -0.25) is 4.79 Å². The van der Waals surface area contributed by atoms with Gasteiger partial charge in [-0.2, -0.15) is 10.2 Å². The highest BCUT2D eigenvalue weighted by atomic mass is 35.5. The van der Waals surface area contributed by atoms with Gasteiger partial charge in [0, 0.05) is 37.3 Å². The molecule has 3 aromatic rings. The molecule has 162 valence electrons. The largest absolute Gasteiger partial charge is 0.420 e. The standard InChI is InChI=1S/C24H20Cl2N4O2/c1-16-2-4-17(5-3-16)6-9-22-28-21(15-27)24(32-22)30-12-10-29(11-13-30)23(31)19-8-7-18(25)14-20(19)26/h2-9,14H,10-13H2,1H3/b9-6+. The topological polar surface area (TPSA) is 73.4 Å². The Morgan fingerprint density at radius 1 is 1.09 bits per heavy atom. The highest BCUT2D eigenvalue weighted by Crippen LogP contribution is 2.26. The smallest absolute Gasteiger partial charge is 0.255 e. The molecule has 1 fully saturated rings. The summed E-state index contributed by atoms with van der Waals surface area (Å²) >= 11 is 12.1. The number of rotatable bonds is 4. The van der Waals surface area contributed by atoms with E-state index in [0.29, 0.717) is 53.6 Å². The lowest BCUT2D eigenvalue weighted by molar-refractivity contribution is 0.0745. The number of halogens is 2. The number of aromatic nitrogens is 1. The van der Waals surface area contributed by atoms with Crippen LogP contribution in [-0.2, 0) is 0 Å². The maximum atomic E-state index is 12.8. The van der Waals surface area contributed by atoms with E-state index in [4.69, 9.17) is 27.6 Å². The second-order valence-corrected chi connectivity index (χ2v) is 8.31.